The van der Waals surface area contributed by atoms with E-state index in [-0.39, 0.29) is 31.6 Å². The second-order valence-corrected chi connectivity index (χ2v) is 5.59. The molecule has 2 unspecified atom stereocenters. The van der Waals surface area contributed by atoms with Crippen LogP contribution in [0.2, 0.25) is 0 Å². The highest BCUT2D eigenvalue weighted by Crippen LogP contribution is 2.06. The topological polar surface area (TPSA) is 105 Å². The maximum absolute atomic E-state index is 11.7. The maximum Gasteiger partial charge on any atom is 0.333 e. The molecular formula is C18H26O8. The Morgan fingerprint density at radius 2 is 1.46 bits per heavy atom. The Morgan fingerprint density at radius 1 is 0.923 bits per heavy atom. The second kappa shape index (κ2) is 12.7. The van der Waals surface area contributed by atoms with Crippen LogP contribution in [0.1, 0.15) is 40.5 Å². The minimum atomic E-state index is -0.702. The number of allylic oxidation sites excluding steroid dienone is 1. The zero-order chi connectivity index (χ0) is 20.1. The van der Waals surface area contributed by atoms with E-state index in [2.05, 4.69) is 6.58 Å². The summed E-state index contributed by atoms with van der Waals surface area (Å²) in [5.41, 5.74) is 0.252. The number of hydrogen-bond donors (Lipinski definition) is 0. The van der Waals surface area contributed by atoms with E-state index in [9.17, 15) is 19.2 Å². The van der Waals surface area contributed by atoms with Crippen molar-refractivity contribution in [3.8, 4) is 0 Å². The summed E-state index contributed by atoms with van der Waals surface area (Å²) >= 11 is 0. The van der Waals surface area contributed by atoms with Crippen molar-refractivity contribution in [2.24, 2.45) is 0 Å². The van der Waals surface area contributed by atoms with Gasteiger partial charge in [-0.25, -0.2) is 9.59 Å². The average molecular weight is 370 g/mol. The van der Waals surface area contributed by atoms with Crippen LogP contribution in [0.15, 0.2) is 24.3 Å². The molecular weight excluding hydrogens is 344 g/mol. The normalized spacial score (nSPS) is 12.8. The molecule has 0 aliphatic rings. The Morgan fingerprint density at radius 3 is 2.04 bits per heavy atom. The highest BCUT2D eigenvalue weighted by Gasteiger charge is 2.18. The highest BCUT2D eigenvalue weighted by atomic mass is 16.6. The van der Waals surface area contributed by atoms with Gasteiger partial charge in [-0.3, -0.25) is 9.59 Å². The number of esters is 4. The smallest absolute Gasteiger partial charge is 0.333 e. The Kier molecular flexibility index (Phi) is 11.4. The molecule has 0 saturated carbocycles. The van der Waals surface area contributed by atoms with E-state index in [1.165, 1.54) is 26.0 Å². The van der Waals surface area contributed by atoms with Crippen molar-refractivity contribution in [2.75, 3.05) is 13.2 Å². The molecule has 0 rings (SSSR count). The lowest BCUT2D eigenvalue weighted by Crippen LogP contribution is -2.24. The lowest BCUT2D eigenvalue weighted by atomic mass is 10.2. The Labute approximate surface area is 153 Å². The molecule has 8 nitrogen and oxygen atoms in total. The van der Waals surface area contributed by atoms with Crippen LogP contribution in [0.5, 0.6) is 0 Å². The second-order valence-electron chi connectivity index (χ2n) is 5.59. The van der Waals surface area contributed by atoms with Crippen LogP contribution in [0.25, 0.3) is 0 Å². The molecule has 0 fully saturated rings. The third-order valence-corrected chi connectivity index (χ3v) is 2.79. The monoisotopic (exact) mass is 370 g/mol. The van der Waals surface area contributed by atoms with Crippen molar-refractivity contribution < 1.29 is 38.1 Å². The fourth-order valence-corrected chi connectivity index (χ4v) is 1.67. The first-order chi connectivity index (χ1) is 12.1. The van der Waals surface area contributed by atoms with Crippen LogP contribution in [0.3, 0.4) is 0 Å². The summed E-state index contributed by atoms with van der Waals surface area (Å²) in [6.45, 7) is 9.52. The molecule has 0 spiro atoms. The van der Waals surface area contributed by atoms with Crippen molar-refractivity contribution in [3.05, 3.63) is 24.3 Å². The van der Waals surface area contributed by atoms with Crippen LogP contribution >= 0.6 is 0 Å². The van der Waals surface area contributed by atoms with Gasteiger partial charge in [0.1, 0.15) is 25.4 Å². The SMILES string of the molecule is C=C(C)C(=O)OCCOC(=O)CC(C)OC(=O)CC(C)OC(=O)C=CC. The molecule has 0 aromatic carbocycles. The highest BCUT2D eigenvalue weighted by molar-refractivity contribution is 5.86. The molecule has 8 heteroatoms. The average Bonchev–Trinajstić information content (AvgIpc) is 2.50. The zero-order valence-electron chi connectivity index (χ0n) is 15.6. The lowest BCUT2D eigenvalue weighted by molar-refractivity contribution is -0.158. The van der Waals surface area contributed by atoms with Crippen LogP contribution in [0, 0.1) is 0 Å². The molecule has 0 saturated heterocycles. The van der Waals surface area contributed by atoms with Crippen molar-refractivity contribution in [2.45, 2.75) is 52.7 Å². The summed E-state index contributed by atoms with van der Waals surface area (Å²) < 4.78 is 19.7. The van der Waals surface area contributed by atoms with Crippen LogP contribution in [-0.4, -0.2) is 49.3 Å². The molecule has 0 aromatic heterocycles. The van der Waals surface area contributed by atoms with Gasteiger partial charge in [0.05, 0.1) is 12.8 Å². The van der Waals surface area contributed by atoms with Gasteiger partial charge in [-0.15, -0.1) is 0 Å². The minimum absolute atomic E-state index is 0.0826. The molecule has 146 valence electrons. The van der Waals surface area contributed by atoms with Gasteiger partial charge >= 0.3 is 23.9 Å². The number of carbonyl (C=O) groups excluding carboxylic acids is 4. The molecule has 0 radical (unpaired) electrons. The summed E-state index contributed by atoms with van der Waals surface area (Å²) in [6, 6.07) is 0. The minimum Gasteiger partial charge on any atom is -0.462 e. The molecule has 0 N–H and O–H groups in total. The van der Waals surface area contributed by atoms with Gasteiger partial charge in [-0.1, -0.05) is 12.7 Å². The molecule has 0 aliphatic carbocycles. The van der Waals surface area contributed by atoms with E-state index < -0.39 is 36.1 Å². The molecule has 0 aliphatic heterocycles. The number of hydrogen-bond acceptors (Lipinski definition) is 8. The molecule has 0 heterocycles. The maximum atomic E-state index is 11.7. The first kappa shape index (κ1) is 23.4. The molecule has 26 heavy (non-hydrogen) atoms. The van der Waals surface area contributed by atoms with E-state index in [1.54, 1.807) is 13.8 Å². The quantitative estimate of drug-likeness (QED) is 0.235. The summed E-state index contributed by atoms with van der Waals surface area (Å²) in [4.78, 5) is 45.7. The van der Waals surface area contributed by atoms with Gasteiger partial charge in [0.15, 0.2) is 0 Å². The van der Waals surface area contributed by atoms with Gasteiger partial charge < -0.3 is 18.9 Å². The fraction of sp³-hybridized carbons (Fsp3) is 0.556. The zero-order valence-corrected chi connectivity index (χ0v) is 15.6. The van der Waals surface area contributed by atoms with E-state index in [0.29, 0.717) is 0 Å². The lowest BCUT2D eigenvalue weighted by Gasteiger charge is -2.15. The van der Waals surface area contributed by atoms with Crippen molar-refractivity contribution in [1.29, 1.82) is 0 Å². The number of carbonyl (C=O) groups is 4. The molecule has 0 amide bonds. The first-order valence-corrected chi connectivity index (χ1v) is 8.16. The fourth-order valence-electron chi connectivity index (χ4n) is 1.67. The molecule has 2 atom stereocenters. The van der Waals surface area contributed by atoms with Gasteiger partial charge in [0, 0.05) is 11.6 Å². The molecule has 0 bridgehead atoms. The predicted molar refractivity (Wildman–Crippen MR) is 91.9 cm³/mol. The summed E-state index contributed by atoms with van der Waals surface area (Å²) in [5, 5.41) is 0. The van der Waals surface area contributed by atoms with Crippen LogP contribution < -0.4 is 0 Å². The standard InChI is InChI=1S/C18H26O8/c1-6-7-15(19)25-14(5)11-17(21)26-13(4)10-16(20)23-8-9-24-18(22)12(2)3/h6-7,13-14H,2,8-11H2,1,3-5H3. The van der Waals surface area contributed by atoms with E-state index in [0.717, 1.165) is 0 Å². The summed E-state index contributed by atoms with van der Waals surface area (Å²) in [7, 11) is 0. The van der Waals surface area contributed by atoms with Crippen LogP contribution in [-0.2, 0) is 38.1 Å². The largest absolute Gasteiger partial charge is 0.462 e. The van der Waals surface area contributed by atoms with Gasteiger partial charge in [-0.05, 0) is 27.7 Å². The van der Waals surface area contributed by atoms with Gasteiger partial charge in [0.2, 0.25) is 0 Å². The predicted octanol–water partition coefficient (Wildman–Crippen LogP) is 1.87. The Balaban J connectivity index is 4.01. The van der Waals surface area contributed by atoms with E-state index in [1.807, 2.05) is 0 Å². The summed E-state index contributed by atoms with van der Waals surface area (Å²) in [6.07, 6.45) is 1.15. The van der Waals surface area contributed by atoms with E-state index in [4.69, 9.17) is 18.9 Å². The molecule has 0 aromatic rings. The third-order valence-electron chi connectivity index (χ3n) is 2.79. The Bertz CT molecular complexity index is 549. The third kappa shape index (κ3) is 11.8. The number of ether oxygens (including phenoxy) is 4. The van der Waals surface area contributed by atoms with E-state index >= 15 is 0 Å². The van der Waals surface area contributed by atoms with Gasteiger partial charge in [0.25, 0.3) is 0 Å². The van der Waals surface area contributed by atoms with Gasteiger partial charge in [-0.2, -0.15) is 0 Å². The Hall–Kier alpha value is -2.64. The van der Waals surface area contributed by atoms with Crippen molar-refractivity contribution in [3.63, 3.8) is 0 Å². The first-order valence-electron chi connectivity index (χ1n) is 8.16. The van der Waals surface area contributed by atoms with Crippen molar-refractivity contribution in [1.82, 2.24) is 0 Å². The van der Waals surface area contributed by atoms with Crippen molar-refractivity contribution >= 4 is 23.9 Å². The number of rotatable bonds is 11. The van der Waals surface area contributed by atoms with Crippen LogP contribution in [0.4, 0.5) is 0 Å². The summed E-state index contributed by atoms with van der Waals surface area (Å²) in [5.74, 6) is -2.30.